The predicted octanol–water partition coefficient (Wildman–Crippen LogP) is 5.37. The van der Waals surface area contributed by atoms with Crippen molar-refractivity contribution < 1.29 is 14.6 Å². The van der Waals surface area contributed by atoms with Crippen molar-refractivity contribution in [2.24, 2.45) is 4.99 Å². The van der Waals surface area contributed by atoms with Gasteiger partial charge in [0.1, 0.15) is 11.5 Å². The van der Waals surface area contributed by atoms with Crippen LogP contribution in [0.15, 0.2) is 71.7 Å². The summed E-state index contributed by atoms with van der Waals surface area (Å²) in [6.45, 7) is 0. The molecule has 0 atom stereocenters. The van der Waals surface area contributed by atoms with Gasteiger partial charge in [-0.1, -0.05) is 29.8 Å². The lowest BCUT2D eigenvalue weighted by Crippen LogP contribution is -2.19. The van der Waals surface area contributed by atoms with Gasteiger partial charge in [0.25, 0.3) is 0 Å². The van der Waals surface area contributed by atoms with Gasteiger partial charge in [0.15, 0.2) is 5.88 Å². The zero-order valence-electron chi connectivity index (χ0n) is 19.0. The number of hydrogen-bond acceptors (Lipinski definition) is 5. The molecular weight excluding hydrogens is 462 g/mol. The molecule has 0 bridgehead atoms. The van der Waals surface area contributed by atoms with Crippen LogP contribution in [0, 0.1) is 0 Å². The number of pyridine rings is 1. The van der Waals surface area contributed by atoms with Crippen LogP contribution in [0.3, 0.4) is 0 Å². The molecule has 0 unspecified atom stereocenters. The lowest BCUT2D eigenvalue weighted by molar-refractivity contribution is 0.394. The summed E-state index contributed by atoms with van der Waals surface area (Å²) in [6.07, 6.45) is 1.85. The van der Waals surface area contributed by atoms with Crippen LogP contribution < -0.4 is 20.2 Å². The van der Waals surface area contributed by atoms with Gasteiger partial charge in [-0.2, -0.15) is 0 Å². The average Bonchev–Trinajstić information content (AvgIpc) is 3.40. The molecule has 1 aliphatic heterocycles. The van der Waals surface area contributed by atoms with E-state index < -0.39 is 0 Å². The Bertz CT molecular complexity index is 1740. The Hall–Kier alpha value is -4.29. The maximum atomic E-state index is 10.7. The maximum absolute atomic E-state index is 10.7. The third-order valence-electron chi connectivity index (χ3n) is 6.14. The SMILES string of the molecule is COc1cc(OC)cc(-c2n/c(=C\c3c(O)[nH]c4ccc(Cl)cc34)cc3c2=Nc2ccccc2-3)c1. The first-order valence-electron chi connectivity index (χ1n) is 11.0. The Morgan fingerprint density at radius 2 is 1.69 bits per heavy atom. The van der Waals surface area contributed by atoms with Crippen molar-refractivity contribution in [1.29, 1.82) is 0 Å². The standard InChI is InChI=1S/C28H20ClN3O3/c1-34-18-9-15(10-19(14-18)35-2)26-27-22(20-5-3-4-6-24(20)31-27)12-17(30-26)13-23-21-11-16(29)7-8-25(21)32-28(23)33/h3-14,32-33H,1-2H3/b17-13-. The van der Waals surface area contributed by atoms with E-state index >= 15 is 0 Å². The van der Waals surface area contributed by atoms with Gasteiger partial charge in [-0.25, -0.2) is 9.98 Å². The largest absolute Gasteiger partial charge is 0.497 e. The van der Waals surface area contributed by atoms with Crippen LogP contribution in [0.25, 0.3) is 39.4 Å². The first-order chi connectivity index (χ1) is 17.0. The summed E-state index contributed by atoms with van der Waals surface area (Å²) in [5.74, 6) is 1.37. The predicted molar refractivity (Wildman–Crippen MR) is 137 cm³/mol. The number of nitrogens with zero attached hydrogens (tertiary/aromatic N) is 2. The van der Waals surface area contributed by atoms with Gasteiger partial charge in [-0.3, -0.25) is 0 Å². The van der Waals surface area contributed by atoms with Crippen molar-refractivity contribution in [3.63, 3.8) is 0 Å². The number of methoxy groups -OCH3 is 2. The number of aromatic hydroxyl groups is 1. The Labute approximate surface area is 205 Å². The summed E-state index contributed by atoms with van der Waals surface area (Å²) in [6, 6.07) is 21.1. The minimum Gasteiger partial charge on any atom is -0.497 e. The van der Waals surface area contributed by atoms with E-state index in [0.29, 0.717) is 33.1 Å². The molecule has 3 heterocycles. The van der Waals surface area contributed by atoms with E-state index in [0.717, 1.165) is 38.6 Å². The molecular formula is C28H20ClN3O3. The Morgan fingerprint density at radius 3 is 2.46 bits per heavy atom. The van der Waals surface area contributed by atoms with E-state index in [4.69, 9.17) is 31.1 Å². The normalized spacial score (nSPS) is 12.4. The molecule has 0 aliphatic carbocycles. The van der Waals surface area contributed by atoms with Crippen LogP contribution in [0.1, 0.15) is 5.56 Å². The molecule has 0 amide bonds. The third-order valence-corrected chi connectivity index (χ3v) is 6.37. The molecule has 0 saturated carbocycles. The van der Waals surface area contributed by atoms with Gasteiger partial charge in [0, 0.05) is 44.2 Å². The number of aromatic amines is 1. The molecule has 6 nitrogen and oxygen atoms in total. The van der Waals surface area contributed by atoms with Crippen molar-refractivity contribution in [3.8, 4) is 39.8 Å². The van der Waals surface area contributed by atoms with Crippen molar-refractivity contribution in [2.45, 2.75) is 0 Å². The molecule has 7 heteroatoms. The molecule has 1 aliphatic rings. The number of benzene rings is 3. The minimum absolute atomic E-state index is 0.0549. The number of fused-ring (bicyclic) bond motifs is 4. The number of aromatic nitrogens is 2. The smallest absolute Gasteiger partial charge is 0.196 e. The maximum Gasteiger partial charge on any atom is 0.196 e. The molecule has 0 radical (unpaired) electrons. The Morgan fingerprint density at radius 1 is 0.914 bits per heavy atom. The highest BCUT2D eigenvalue weighted by Crippen LogP contribution is 2.35. The van der Waals surface area contributed by atoms with Crippen molar-refractivity contribution >= 4 is 34.3 Å². The number of nitrogens with one attached hydrogen (secondary N) is 1. The van der Waals surface area contributed by atoms with Crippen LogP contribution in [0.2, 0.25) is 5.02 Å². The van der Waals surface area contributed by atoms with E-state index in [2.05, 4.69) is 4.98 Å². The number of halogens is 1. The van der Waals surface area contributed by atoms with E-state index in [1.165, 1.54) is 0 Å². The van der Waals surface area contributed by atoms with Gasteiger partial charge in [0.05, 0.1) is 36.3 Å². The van der Waals surface area contributed by atoms with Crippen LogP contribution in [0.4, 0.5) is 5.69 Å². The monoisotopic (exact) mass is 481 g/mol. The second kappa shape index (κ2) is 8.18. The number of rotatable bonds is 4. The summed E-state index contributed by atoms with van der Waals surface area (Å²) < 4.78 is 11.0. The van der Waals surface area contributed by atoms with E-state index in [9.17, 15) is 5.11 Å². The molecule has 0 saturated heterocycles. The third kappa shape index (κ3) is 3.59. The van der Waals surface area contributed by atoms with E-state index in [-0.39, 0.29) is 5.88 Å². The number of para-hydroxylation sites is 1. The van der Waals surface area contributed by atoms with Crippen molar-refractivity contribution in [3.05, 3.63) is 88.0 Å². The first kappa shape index (κ1) is 21.3. The Kier molecular flexibility index (Phi) is 4.97. The Balaban J connectivity index is 1.66. The minimum atomic E-state index is 0.0549. The highest BCUT2D eigenvalue weighted by molar-refractivity contribution is 6.31. The average molecular weight is 482 g/mol. The zero-order chi connectivity index (χ0) is 24.1. The van der Waals surface area contributed by atoms with Gasteiger partial charge >= 0.3 is 0 Å². The highest BCUT2D eigenvalue weighted by Gasteiger charge is 2.19. The quantitative estimate of drug-likeness (QED) is 0.355. The fourth-order valence-corrected chi connectivity index (χ4v) is 4.65. The lowest BCUT2D eigenvalue weighted by atomic mass is 10.0. The van der Waals surface area contributed by atoms with Crippen molar-refractivity contribution in [1.82, 2.24) is 9.97 Å². The van der Waals surface area contributed by atoms with E-state index in [1.54, 1.807) is 20.3 Å². The molecule has 0 fully saturated rings. The number of ether oxygens (including phenoxy) is 2. The molecule has 2 N–H and O–H groups in total. The van der Waals surface area contributed by atoms with Crippen molar-refractivity contribution in [2.75, 3.05) is 14.2 Å². The highest BCUT2D eigenvalue weighted by atomic mass is 35.5. The first-order valence-corrected chi connectivity index (χ1v) is 11.4. The molecule has 2 aromatic heterocycles. The van der Waals surface area contributed by atoms with E-state index in [1.807, 2.05) is 66.7 Å². The van der Waals surface area contributed by atoms with Gasteiger partial charge < -0.3 is 19.6 Å². The van der Waals surface area contributed by atoms with Crippen LogP contribution in [-0.2, 0) is 0 Å². The van der Waals surface area contributed by atoms with Crippen LogP contribution >= 0.6 is 11.6 Å². The summed E-state index contributed by atoms with van der Waals surface area (Å²) in [5, 5.41) is 13.5. The number of H-pyrrole nitrogens is 1. The molecule has 3 aromatic carbocycles. The van der Waals surface area contributed by atoms with Crippen LogP contribution in [-0.4, -0.2) is 29.3 Å². The van der Waals surface area contributed by atoms with Gasteiger partial charge in [-0.05, 0) is 48.5 Å². The van der Waals surface area contributed by atoms with Crippen LogP contribution in [0.5, 0.6) is 17.4 Å². The molecule has 5 aromatic rings. The molecule has 0 spiro atoms. The summed E-state index contributed by atoms with van der Waals surface area (Å²) in [5.41, 5.74) is 5.80. The number of hydrogen-bond donors (Lipinski definition) is 2. The fraction of sp³-hybridized carbons (Fsp3) is 0.0714. The molecule has 6 rings (SSSR count). The molecule has 172 valence electrons. The van der Waals surface area contributed by atoms with Gasteiger partial charge in [-0.15, -0.1) is 0 Å². The topological polar surface area (TPSA) is 79.7 Å². The summed E-state index contributed by atoms with van der Waals surface area (Å²) >= 11 is 6.24. The summed E-state index contributed by atoms with van der Waals surface area (Å²) in [7, 11) is 3.23. The second-order valence-corrected chi connectivity index (χ2v) is 8.68. The lowest BCUT2D eigenvalue weighted by Gasteiger charge is -2.09. The second-order valence-electron chi connectivity index (χ2n) is 8.24. The summed E-state index contributed by atoms with van der Waals surface area (Å²) in [4.78, 5) is 12.9. The molecule has 35 heavy (non-hydrogen) atoms. The zero-order valence-corrected chi connectivity index (χ0v) is 19.7. The fourth-order valence-electron chi connectivity index (χ4n) is 4.48. The van der Waals surface area contributed by atoms with Gasteiger partial charge in [0.2, 0.25) is 0 Å².